The van der Waals surface area contributed by atoms with Crippen molar-refractivity contribution in [3.63, 3.8) is 0 Å². The predicted molar refractivity (Wildman–Crippen MR) is 146 cm³/mol. The van der Waals surface area contributed by atoms with Crippen molar-refractivity contribution in [3.05, 3.63) is 59.2 Å². The molecule has 0 radical (unpaired) electrons. The molecule has 1 aliphatic rings. The van der Waals surface area contributed by atoms with Crippen molar-refractivity contribution in [2.75, 3.05) is 49.8 Å². The van der Waals surface area contributed by atoms with Crippen molar-refractivity contribution in [2.24, 2.45) is 0 Å². The van der Waals surface area contributed by atoms with Gasteiger partial charge in [-0.05, 0) is 12.1 Å². The summed E-state index contributed by atoms with van der Waals surface area (Å²) >= 11 is 0. The zero-order valence-electron chi connectivity index (χ0n) is 23.9. The zero-order valence-corrected chi connectivity index (χ0v) is 23.9. The first-order valence-corrected chi connectivity index (χ1v) is 12.5. The van der Waals surface area contributed by atoms with Crippen LogP contribution in [-0.2, 0) is 9.53 Å². The van der Waals surface area contributed by atoms with Gasteiger partial charge in [-0.1, -0.05) is 6.07 Å². The molecule has 214 valence electrons. The van der Waals surface area contributed by atoms with Crippen molar-refractivity contribution in [2.45, 2.75) is 25.0 Å². The summed E-state index contributed by atoms with van der Waals surface area (Å²) in [6.07, 6.45) is -1.67. The summed E-state index contributed by atoms with van der Waals surface area (Å²) in [7, 11) is 10.9. The lowest BCUT2D eigenvalue weighted by atomic mass is 9.78. The fraction of sp³-hybridized carbons (Fsp3) is 0.367. The Hall–Kier alpha value is -4.47. The highest BCUT2D eigenvalue weighted by Gasteiger charge is 2.47. The highest BCUT2D eigenvalue weighted by Crippen LogP contribution is 2.56. The summed E-state index contributed by atoms with van der Waals surface area (Å²) < 4.78 is 52.1. The largest absolute Gasteiger partial charge is 0.496 e. The number of esters is 1. The molecule has 0 saturated heterocycles. The summed E-state index contributed by atoms with van der Waals surface area (Å²) in [6, 6.07) is 12.4. The van der Waals surface area contributed by atoms with E-state index < -0.39 is 24.1 Å². The number of rotatable bonds is 10. The predicted octanol–water partition coefficient (Wildman–Crippen LogP) is 4.94. The SMILES string of the molecule is COc1cc(OC)c([C@H]2c3c(OC)cc(OC)cc3O[C@H](c3ccc(OC)c(OC)c3)[C@@H]2OC(C)=O)c(OC)c1. The number of hydrogen-bond acceptors (Lipinski definition) is 10. The molecule has 0 bridgehead atoms. The first-order chi connectivity index (χ1) is 19.3. The van der Waals surface area contributed by atoms with Crippen molar-refractivity contribution >= 4 is 5.97 Å². The number of carbonyl (C=O) groups is 1. The van der Waals surface area contributed by atoms with Gasteiger partial charge in [-0.2, -0.15) is 0 Å². The van der Waals surface area contributed by atoms with E-state index in [4.69, 9.17) is 42.6 Å². The van der Waals surface area contributed by atoms with Crippen LogP contribution in [0.4, 0.5) is 0 Å². The third kappa shape index (κ3) is 5.21. The van der Waals surface area contributed by atoms with Crippen LogP contribution >= 0.6 is 0 Å². The molecule has 4 rings (SSSR count). The lowest BCUT2D eigenvalue weighted by Crippen LogP contribution is -2.39. The minimum absolute atomic E-state index is 0.468. The fourth-order valence-corrected chi connectivity index (χ4v) is 5.07. The number of hydrogen-bond donors (Lipinski definition) is 0. The quantitative estimate of drug-likeness (QED) is 0.320. The number of benzene rings is 3. The third-order valence-electron chi connectivity index (χ3n) is 6.83. The molecular formula is C30H34O10. The van der Waals surface area contributed by atoms with E-state index >= 15 is 0 Å². The van der Waals surface area contributed by atoms with Crippen molar-refractivity contribution in [3.8, 4) is 46.0 Å². The molecule has 1 aliphatic heterocycles. The maximum Gasteiger partial charge on any atom is 0.303 e. The van der Waals surface area contributed by atoms with Crippen LogP contribution < -0.4 is 37.9 Å². The number of fused-ring (bicyclic) bond motifs is 1. The van der Waals surface area contributed by atoms with Crippen LogP contribution in [-0.4, -0.2) is 61.8 Å². The first-order valence-electron chi connectivity index (χ1n) is 12.5. The van der Waals surface area contributed by atoms with E-state index in [1.54, 1.807) is 86.2 Å². The smallest absolute Gasteiger partial charge is 0.303 e. The van der Waals surface area contributed by atoms with Gasteiger partial charge in [0.05, 0.1) is 55.7 Å². The Kier molecular flexibility index (Phi) is 8.67. The second-order valence-corrected chi connectivity index (χ2v) is 8.89. The Bertz CT molecular complexity index is 1340. The third-order valence-corrected chi connectivity index (χ3v) is 6.83. The van der Waals surface area contributed by atoms with Crippen LogP contribution in [0.15, 0.2) is 42.5 Å². The normalized spacial score (nSPS) is 17.6. The molecule has 1 heterocycles. The van der Waals surface area contributed by atoms with E-state index in [-0.39, 0.29) is 0 Å². The fourth-order valence-electron chi connectivity index (χ4n) is 5.07. The molecule has 0 aliphatic carbocycles. The topological polar surface area (TPSA) is 100 Å². The average molecular weight is 555 g/mol. The number of ether oxygens (including phenoxy) is 9. The molecule has 40 heavy (non-hydrogen) atoms. The van der Waals surface area contributed by atoms with Gasteiger partial charge in [0.2, 0.25) is 0 Å². The molecule has 0 fully saturated rings. The van der Waals surface area contributed by atoms with Crippen LogP contribution in [0.5, 0.6) is 46.0 Å². The molecule has 3 aromatic carbocycles. The second kappa shape index (κ2) is 12.1. The first kappa shape index (κ1) is 28.5. The van der Waals surface area contributed by atoms with E-state index in [1.165, 1.54) is 6.92 Å². The van der Waals surface area contributed by atoms with Gasteiger partial charge in [0.15, 0.2) is 23.7 Å². The minimum Gasteiger partial charge on any atom is -0.496 e. The van der Waals surface area contributed by atoms with Gasteiger partial charge in [0.1, 0.15) is 34.5 Å². The summed E-state index contributed by atoms with van der Waals surface area (Å²) in [5, 5.41) is 0. The Morgan fingerprint density at radius 2 is 1.15 bits per heavy atom. The van der Waals surface area contributed by atoms with Crippen molar-refractivity contribution in [1.82, 2.24) is 0 Å². The van der Waals surface area contributed by atoms with Gasteiger partial charge in [-0.3, -0.25) is 4.79 Å². The Balaban J connectivity index is 2.08. The second-order valence-electron chi connectivity index (χ2n) is 8.89. The molecule has 0 spiro atoms. The van der Waals surface area contributed by atoms with Crippen molar-refractivity contribution < 1.29 is 47.4 Å². The highest BCUT2D eigenvalue weighted by atomic mass is 16.6. The van der Waals surface area contributed by atoms with E-state index in [9.17, 15) is 4.79 Å². The van der Waals surface area contributed by atoms with E-state index in [0.29, 0.717) is 62.7 Å². The van der Waals surface area contributed by atoms with E-state index in [2.05, 4.69) is 0 Å². The molecule has 0 unspecified atom stereocenters. The summed E-state index contributed by atoms with van der Waals surface area (Å²) in [4.78, 5) is 12.6. The lowest BCUT2D eigenvalue weighted by molar-refractivity contribution is -0.153. The summed E-state index contributed by atoms with van der Waals surface area (Å²) in [5.74, 6) is 2.83. The highest BCUT2D eigenvalue weighted by molar-refractivity contribution is 5.68. The molecule has 10 heteroatoms. The molecule has 3 atom stereocenters. The molecule has 0 aromatic heterocycles. The number of methoxy groups -OCH3 is 7. The van der Waals surface area contributed by atoms with Crippen LogP contribution in [0.1, 0.15) is 35.6 Å². The minimum atomic E-state index is -0.887. The van der Waals surface area contributed by atoms with E-state index in [1.807, 2.05) is 6.07 Å². The van der Waals surface area contributed by atoms with Crippen LogP contribution in [0, 0.1) is 0 Å². The standard InChI is InChI=1S/C30H34O10/c1-16(31)39-30-28(26-22(36-6)12-18(32-2)13-23(26)37-7)27-24(38-8)14-19(33-3)15-25(27)40-29(30)17-9-10-20(34-4)21(11-17)35-5/h9-15,28-30H,1-8H3/t28-,29+,30+/m0/s1. The van der Waals surface area contributed by atoms with Gasteiger partial charge in [0.25, 0.3) is 0 Å². The van der Waals surface area contributed by atoms with Gasteiger partial charge in [-0.25, -0.2) is 0 Å². The van der Waals surface area contributed by atoms with E-state index in [0.717, 1.165) is 0 Å². The van der Waals surface area contributed by atoms with Crippen LogP contribution in [0.25, 0.3) is 0 Å². The Morgan fingerprint density at radius 3 is 1.65 bits per heavy atom. The molecule has 0 saturated carbocycles. The molecular weight excluding hydrogens is 520 g/mol. The molecule has 3 aromatic rings. The molecule has 0 amide bonds. The maximum atomic E-state index is 12.6. The molecule has 0 N–H and O–H groups in total. The summed E-state index contributed by atoms with van der Waals surface area (Å²) in [5.41, 5.74) is 1.94. The average Bonchev–Trinajstić information content (AvgIpc) is 2.98. The monoisotopic (exact) mass is 554 g/mol. The Morgan fingerprint density at radius 1 is 0.625 bits per heavy atom. The van der Waals surface area contributed by atoms with Gasteiger partial charge < -0.3 is 42.6 Å². The van der Waals surface area contributed by atoms with Crippen LogP contribution in [0.2, 0.25) is 0 Å². The zero-order chi connectivity index (χ0) is 29.0. The molecule has 10 nitrogen and oxygen atoms in total. The number of carbonyl (C=O) groups excluding carboxylic acids is 1. The van der Waals surface area contributed by atoms with Crippen LogP contribution in [0.3, 0.4) is 0 Å². The summed E-state index contributed by atoms with van der Waals surface area (Å²) in [6.45, 7) is 1.35. The van der Waals surface area contributed by atoms with Crippen molar-refractivity contribution in [1.29, 1.82) is 0 Å². The lowest BCUT2D eigenvalue weighted by Gasteiger charge is -2.40. The van der Waals surface area contributed by atoms with Gasteiger partial charge >= 0.3 is 5.97 Å². The Labute approximate surface area is 233 Å². The van der Waals surface area contributed by atoms with Gasteiger partial charge in [0, 0.05) is 47.9 Å². The maximum absolute atomic E-state index is 12.6. The van der Waals surface area contributed by atoms with Gasteiger partial charge in [-0.15, -0.1) is 0 Å².